The van der Waals surface area contributed by atoms with Gasteiger partial charge in [-0.1, -0.05) is 41.0 Å². The standard InChI is InChI=1S/C8H8Cl2N2S.ClH/c9-6-2-1-5(7(10)3-6)4-13-8(11)12;/h1-3H,4H2,(H3,11,12);1H/p-1. The molecule has 0 amide bonds. The summed E-state index contributed by atoms with van der Waals surface area (Å²) in [6.07, 6.45) is 0. The summed E-state index contributed by atoms with van der Waals surface area (Å²) >= 11 is 12.9. The molecule has 6 heteroatoms. The third kappa shape index (κ3) is 4.42. The predicted octanol–water partition coefficient (Wildman–Crippen LogP) is 0.124. The van der Waals surface area contributed by atoms with E-state index in [0.717, 1.165) is 5.56 Å². The molecule has 0 heterocycles. The van der Waals surface area contributed by atoms with E-state index >= 15 is 0 Å². The van der Waals surface area contributed by atoms with Crippen molar-refractivity contribution in [3.8, 4) is 0 Å². The van der Waals surface area contributed by atoms with Gasteiger partial charge in [0.1, 0.15) is 0 Å². The second-order valence-electron chi connectivity index (χ2n) is 2.39. The number of nitrogens with two attached hydrogens (primary N) is 1. The van der Waals surface area contributed by atoms with Crippen LogP contribution in [0, 0.1) is 5.41 Å². The monoisotopic (exact) mass is 269 g/mol. The van der Waals surface area contributed by atoms with E-state index in [2.05, 4.69) is 0 Å². The number of hydrogen-bond donors (Lipinski definition) is 2. The molecule has 0 spiro atoms. The van der Waals surface area contributed by atoms with Gasteiger partial charge in [-0.25, -0.2) is 0 Å². The minimum atomic E-state index is 0. The van der Waals surface area contributed by atoms with Gasteiger partial charge in [0, 0.05) is 15.8 Å². The van der Waals surface area contributed by atoms with Gasteiger partial charge < -0.3 is 18.1 Å². The van der Waals surface area contributed by atoms with Crippen LogP contribution in [0.5, 0.6) is 0 Å². The second kappa shape index (κ2) is 6.40. The summed E-state index contributed by atoms with van der Waals surface area (Å²) in [7, 11) is 0. The molecule has 0 unspecified atom stereocenters. The lowest BCUT2D eigenvalue weighted by atomic mass is 10.2. The third-order valence-electron chi connectivity index (χ3n) is 1.40. The first-order valence-corrected chi connectivity index (χ1v) is 5.24. The number of amidine groups is 1. The molecule has 0 aromatic heterocycles. The topological polar surface area (TPSA) is 49.9 Å². The highest BCUT2D eigenvalue weighted by atomic mass is 35.5. The quantitative estimate of drug-likeness (QED) is 0.593. The van der Waals surface area contributed by atoms with Crippen LogP contribution in [0.4, 0.5) is 0 Å². The molecule has 0 aliphatic carbocycles. The first kappa shape index (κ1) is 13.9. The van der Waals surface area contributed by atoms with E-state index < -0.39 is 0 Å². The van der Waals surface area contributed by atoms with Gasteiger partial charge in [-0.05, 0) is 17.7 Å². The van der Waals surface area contributed by atoms with Crippen LogP contribution in [-0.4, -0.2) is 5.17 Å². The summed E-state index contributed by atoms with van der Waals surface area (Å²) < 4.78 is 0. The summed E-state index contributed by atoms with van der Waals surface area (Å²) in [4.78, 5) is 0. The molecule has 0 aliphatic rings. The Balaban J connectivity index is 0.00000169. The first-order chi connectivity index (χ1) is 6.09. The molecule has 78 valence electrons. The van der Waals surface area contributed by atoms with E-state index in [1.54, 1.807) is 12.1 Å². The maximum absolute atomic E-state index is 7.03. The smallest absolute Gasteiger partial charge is 0.151 e. The van der Waals surface area contributed by atoms with Crippen LogP contribution in [0.2, 0.25) is 10.0 Å². The van der Waals surface area contributed by atoms with Crippen molar-refractivity contribution in [1.29, 1.82) is 5.41 Å². The van der Waals surface area contributed by atoms with Crippen molar-refractivity contribution >= 4 is 40.1 Å². The van der Waals surface area contributed by atoms with Crippen molar-refractivity contribution in [3.63, 3.8) is 0 Å². The lowest BCUT2D eigenvalue weighted by Crippen LogP contribution is -3.00. The number of halogens is 3. The van der Waals surface area contributed by atoms with E-state index in [1.165, 1.54) is 11.8 Å². The van der Waals surface area contributed by atoms with Crippen molar-refractivity contribution < 1.29 is 12.4 Å². The highest BCUT2D eigenvalue weighted by molar-refractivity contribution is 8.13. The summed E-state index contributed by atoms with van der Waals surface area (Å²) in [6.45, 7) is 0. The minimum Gasteiger partial charge on any atom is -1.00 e. The third-order valence-corrected chi connectivity index (χ3v) is 2.75. The van der Waals surface area contributed by atoms with Gasteiger partial charge in [0.25, 0.3) is 0 Å². The Morgan fingerprint density at radius 3 is 2.57 bits per heavy atom. The Labute approximate surface area is 103 Å². The van der Waals surface area contributed by atoms with Crippen LogP contribution >= 0.6 is 35.0 Å². The number of hydrogen-bond acceptors (Lipinski definition) is 2. The van der Waals surface area contributed by atoms with Gasteiger partial charge in [-0.2, -0.15) is 0 Å². The van der Waals surface area contributed by atoms with E-state index in [9.17, 15) is 0 Å². The van der Waals surface area contributed by atoms with E-state index in [1.807, 2.05) is 6.07 Å². The number of nitrogens with one attached hydrogen (secondary N) is 1. The molecule has 0 bridgehead atoms. The van der Waals surface area contributed by atoms with Crippen molar-refractivity contribution in [2.24, 2.45) is 5.73 Å². The summed E-state index contributed by atoms with van der Waals surface area (Å²) in [6, 6.07) is 5.28. The Morgan fingerprint density at radius 1 is 1.43 bits per heavy atom. The molecular weight excluding hydrogens is 263 g/mol. The molecular formula is C8H8Cl3N2S-. The van der Waals surface area contributed by atoms with Gasteiger partial charge in [0.05, 0.1) is 0 Å². The van der Waals surface area contributed by atoms with Crippen LogP contribution in [0.3, 0.4) is 0 Å². The van der Waals surface area contributed by atoms with Crippen molar-refractivity contribution in [3.05, 3.63) is 33.8 Å². The SMILES string of the molecule is N=C(N)SCc1ccc(Cl)cc1Cl.[Cl-]. The molecule has 0 atom stereocenters. The summed E-state index contributed by atoms with van der Waals surface area (Å²) in [5.41, 5.74) is 6.13. The van der Waals surface area contributed by atoms with Gasteiger partial charge in [-0.15, -0.1) is 0 Å². The lowest BCUT2D eigenvalue weighted by Gasteiger charge is -2.02. The fraction of sp³-hybridized carbons (Fsp3) is 0.125. The maximum Gasteiger partial charge on any atom is 0.151 e. The van der Waals surface area contributed by atoms with E-state index in [0.29, 0.717) is 15.8 Å². The van der Waals surface area contributed by atoms with Crippen LogP contribution in [-0.2, 0) is 5.75 Å². The zero-order valence-corrected chi connectivity index (χ0v) is 10.1. The highest BCUT2D eigenvalue weighted by Gasteiger charge is 2.01. The summed E-state index contributed by atoms with van der Waals surface area (Å²) in [5, 5.41) is 8.34. The number of rotatable bonds is 2. The Hall–Kier alpha value is -0.0900. The lowest BCUT2D eigenvalue weighted by molar-refractivity contribution is -0.00000277. The molecule has 0 saturated heterocycles. The van der Waals surface area contributed by atoms with E-state index in [4.69, 9.17) is 34.3 Å². The molecule has 0 saturated carbocycles. The minimum absolute atomic E-state index is 0. The average molecular weight is 271 g/mol. The average Bonchev–Trinajstić information content (AvgIpc) is 2.02. The largest absolute Gasteiger partial charge is 1.00 e. The first-order valence-electron chi connectivity index (χ1n) is 3.50. The van der Waals surface area contributed by atoms with Gasteiger partial charge in [0.15, 0.2) is 5.17 Å². The second-order valence-corrected chi connectivity index (χ2v) is 4.25. The van der Waals surface area contributed by atoms with Crippen LogP contribution in [0.1, 0.15) is 5.56 Å². The molecule has 3 N–H and O–H groups in total. The van der Waals surface area contributed by atoms with Crippen molar-refractivity contribution in [2.45, 2.75) is 5.75 Å². The van der Waals surface area contributed by atoms with E-state index in [-0.39, 0.29) is 17.6 Å². The highest BCUT2D eigenvalue weighted by Crippen LogP contribution is 2.24. The fourth-order valence-corrected chi connectivity index (χ4v) is 1.91. The van der Waals surface area contributed by atoms with Gasteiger partial charge in [-0.3, -0.25) is 5.41 Å². The fourth-order valence-electron chi connectivity index (χ4n) is 0.794. The molecule has 0 aliphatic heterocycles. The molecule has 1 aromatic rings. The van der Waals surface area contributed by atoms with Crippen LogP contribution in [0.15, 0.2) is 18.2 Å². The Kier molecular flexibility index (Phi) is 6.36. The molecule has 0 radical (unpaired) electrons. The van der Waals surface area contributed by atoms with Crippen LogP contribution < -0.4 is 18.1 Å². The number of thioether (sulfide) groups is 1. The molecule has 14 heavy (non-hydrogen) atoms. The van der Waals surface area contributed by atoms with Gasteiger partial charge in [0.2, 0.25) is 0 Å². The molecule has 1 rings (SSSR count). The van der Waals surface area contributed by atoms with Crippen molar-refractivity contribution in [1.82, 2.24) is 0 Å². The maximum atomic E-state index is 7.03. The zero-order valence-electron chi connectivity index (χ0n) is 7.06. The predicted molar refractivity (Wildman–Crippen MR) is 59.7 cm³/mol. The summed E-state index contributed by atoms with van der Waals surface area (Å²) in [5.74, 6) is 0.603. The molecule has 1 aromatic carbocycles. The van der Waals surface area contributed by atoms with Gasteiger partial charge >= 0.3 is 0 Å². The zero-order chi connectivity index (χ0) is 9.84. The molecule has 0 fully saturated rings. The molecule has 2 nitrogen and oxygen atoms in total. The Bertz CT molecular complexity index is 330. The van der Waals surface area contributed by atoms with Crippen LogP contribution in [0.25, 0.3) is 0 Å². The Morgan fingerprint density at radius 2 is 2.07 bits per heavy atom. The normalized spacial score (nSPS) is 9.29. The van der Waals surface area contributed by atoms with Crippen molar-refractivity contribution in [2.75, 3.05) is 0 Å². The number of benzene rings is 1.